The third-order valence-corrected chi connectivity index (χ3v) is 4.85. The summed E-state index contributed by atoms with van der Waals surface area (Å²) >= 11 is 0. The fourth-order valence-corrected chi connectivity index (χ4v) is 3.19. The number of likely N-dealkylation sites (N-methyl/N-ethyl adjacent to an activating group) is 1. The zero-order chi connectivity index (χ0) is 18.2. The summed E-state index contributed by atoms with van der Waals surface area (Å²) in [4.78, 5) is 19.1. The van der Waals surface area contributed by atoms with Crippen LogP contribution in [0.5, 0.6) is 0 Å². The van der Waals surface area contributed by atoms with Crippen molar-refractivity contribution >= 4 is 17.4 Å². The zero-order valence-corrected chi connectivity index (χ0v) is 16.0. The second-order valence-electron chi connectivity index (χ2n) is 6.74. The predicted octanol–water partition coefficient (Wildman–Crippen LogP) is 2.72. The number of nitrogens with one attached hydrogen (secondary N) is 1. The summed E-state index contributed by atoms with van der Waals surface area (Å²) in [6.45, 7) is 6.35. The van der Waals surface area contributed by atoms with Crippen LogP contribution >= 0.6 is 0 Å². The van der Waals surface area contributed by atoms with Crippen molar-refractivity contribution in [3.8, 4) is 0 Å². The van der Waals surface area contributed by atoms with Gasteiger partial charge in [0.05, 0.1) is 6.61 Å². The number of nitrogens with zero attached hydrogens (tertiary/aromatic N) is 3. The Balaban J connectivity index is 1.95. The lowest BCUT2D eigenvalue weighted by molar-refractivity contribution is 0.143. The molecule has 1 heterocycles. The van der Waals surface area contributed by atoms with Crippen molar-refractivity contribution < 1.29 is 9.53 Å². The molecule has 6 heteroatoms. The first-order valence-electron chi connectivity index (χ1n) is 9.11. The summed E-state index contributed by atoms with van der Waals surface area (Å²) in [7, 11) is 5.85. The quantitative estimate of drug-likeness (QED) is 0.785. The van der Waals surface area contributed by atoms with E-state index in [1.54, 1.807) is 7.11 Å². The lowest BCUT2D eigenvalue weighted by Crippen LogP contribution is -2.44. The van der Waals surface area contributed by atoms with Crippen LogP contribution in [0.2, 0.25) is 0 Å². The largest absolute Gasteiger partial charge is 0.383 e. The number of rotatable bonds is 8. The van der Waals surface area contributed by atoms with Gasteiger partial charge in [0.1, 0.15) is 0 Å². The number of methoxy groups -OCH3 is 1. The van der Waals surface area contributed by atoms with Crippen LogP contribution in [0.1, 0.15) is 19.8 Å². The van der Waals surface area contributed by atoms with Gasteiger partial charge in [0.15, 0.2) is 0 Å². The number of urea groups is 1. The molecule has 6 nitrogen and oxygen atoms in total. The van der Waals surface area contributed by atoms with Crippen molar-refractivity contribution in [2.75, 3.05) is 64.2 Å². The van der Waals surface area contributed by atoms with Crippen LogP contribution in [0, 0.1) is 0 Å². The summed E-state index contributed by atoms with van der Waals surface area (Å²) in [5.41, 5.74) is 1.96. The Kier molecular flexibility index (Phi) is 7.52. The van der Waals surface area contributed by atoms with Crippen molar-refractivity contribution in [1.82, 2.24) is 9.80 Å². The highest BCUT2D eigenvalue weighted by Crippen LogP contribution is 2.22. The van der Waals surface area contributed by atoms with E-state index in [-0.39, 0.29) is 12.1 Å². The number of hydrogen-bond acceptors (Lipinski definition) is 4. The molecule has 140 valence electrons. The Labute approximate surface area is 151 Å². The molecule has 1 aliphatic heterocycles. The van der Waals surface area contributed by atoms with E-state index in [4.69, 9.17) is 4.74 Å². The number of benzene rings is 1. The first kappa shape index (κ1) is 19.5. The molecule has 2 rings (SSSR count). The van der Waals surface area contributed by atoms with Gasteiger partial charge in [-0.1, -0.05) is 6.07 Å². The van der Waals surface area contributed by atoms with Crippen LogP contribution in [0.15, 0.2) is 24.3 Å². The number of anilines is 2. The Morgan fingerprint density at radius 1 is 1.40 bits per heavy atom. The summed E-state index contributed by atoms with van der Waals surface area (Å²) < 4.78 is 5.13. The molecule has 0 aromatic heterocycles. The molecule has 1 aliphatic rings. The zero-order valence-electron chi connectivity index (χ0n) is 16.0. The van der Waals surface area contributed by atoms with Crippen LogP contribution in [-0.2, 0) is 4.74 Å². The van der Waals surface area contributed by atoms with E-state index >= 15 is 0 Å². The van der Waals surface area contributed by atoms with E-state index in [1.165, 1.54) is 0 Å². The van der Waals surface area contributed by atoms with E-state index in [9.17, 15) is 4.79 Å². The van der Waals surface area contributed by atoms with Crippen molar-refractivity contribution in [2.45, 2.75) is 25.8 Å². The number of carbonyl (C=O) groups excluding carboxylic acids is 1. The maximum Gasteiger partial charge on any atom is 0.322 e. The average molecular weight is 348 g/mol. The van der Waals surface area contributed by atoms with E-state index in [0.29, 0.717) is 6.61 Å². The van der Waals surface area contributed by atoms with Crippen LogP contribution < -0.4 is 10.2 Å². The van der Waals surface area contributed by atoms with Gasteiger partial charge in [-0.2, -0.15) is 0 Å². The van der Waals surface area contributed by atoms with Crippen molar-refractivity contribution in [3.05, 3.63) is 24.3 Å². The summed E-state index contributed by atoms with van der Waals surface area (Å²) in [5.74, 6) is 0. The molecule has 0 bridgehead atoms. The van der Waals surface area contributed by atoms with Gasteiger partial charge >= 0.3 is 6.03 Å². The average Bonchev–Trinajstić information content (AvgIpc) is 3.07. The Hall–Kier alpha value is -1.79. The molecule has 1 aromatic carbocycles. The van der Waals surface area contributed by atoms with Crippen molar-refractivity contribution in [1.29, 1.82) is 0 Å². The Morgan fingerprint density at radius 3 is 2.92 bits per heavy atom. The van der Waals surface area contributed by atoms with Gasteiger partial charge in [-0.15, -0.1) is 0 Å². The number of hydrogen-bond donors (Lipinski definition) is 1. The molecule has 1 N–H and O–H groups in total. The minimum Gasteiger partial charge on any atom is -0.383 e. The molecular formula is C19H32N4O2. The normalized spacial score (nSPS) is 17.2. The van der Waals surface area contributed by atoms with E-state index in [2.05, 4.69) is 35.2 Å². The SMILES string of the molecule is CCN(C)c1cccc(NC(=O)N2CCC[C@H]2CN(C)CCOC)c1. The predicted molar refractivity (Wildman–Crippen MR) is 104 cm³/mol. The molecule has 1 aromatic rings. The third-order valence-electron chi connectivity index (χ3n) is 4.85. The highest BCUT2D eigenvalue weighted by molar-refractivity contribution is 5.90. The molecule has 0 unspecified atom stereocenters. The van der Waals surface area contributed by atoms with E-state index < -0.39 is 0 Å². The number of ether oxygens (including phenoxy) is 1. The molecule has 0 spiro atoms. The lowest BCUT2D eigenvalue weighted by Gasteiger charge is -2.29. The molecule has 0 aliphatic carbocycles. The van der Waals surface area contributed by atoms with Gasteiger partial charge in [-0.25, -0.2) is 4.79 Å². The molecule has 1 saturated heterocycles. The van der Waals surface area contributed by atoms with E-state index in [0.717, 1.165) is 50.4 Å². The summed E-state index contributed by atoms with van der Waals surface area (Å²) in [5, 5.41) is 3.07. The van der Waals surface area contributed by atoms with Gasteiger partial charge in [-0.3, -0.25) is 0 Å². The molecule has 1 atom stereocenters. The fourth-order valence-electron chi connectivity index (χ4n) is 3.19. The monoisotopic (exact) mass is 348 g/mol. The van der Waals surface area contributed by atoms with Crippen molar-refractivity contribution in [2.24, 2.45) is 0 Å². The molecule has 1 fully saturated rings. The number of amides is 2. The molecule has 0 radical (unpaired) electrons. The first-order chi connectivity index (χ1) is 12.0. The maximum atomic E-state index is 12.7. The summed E-state index contributed by atoms with van der Waals surface area (Å²) in [6.07, 6.45) is 2.12. The molecule has 2 amide bonds. The molecule has 0 saturated carbocycles. The van der Waals surface area contributed by atoms with Crippen molar-refractivity contribution in [3.63, 3.8) is 0 Å². The van der Waals surface area contributed by atoms with Crippen LogP contribution in [-0.4, -0.2) is 75.9 Å². The third kappa shape index (κ3) is 5.61. The Morgan fingerprint density at radius 2 is 2.20 bits per heavy atom. The maximum absolute atomic E-state index is 12.7. The number of likely N-dealkylation sites (tertiary alicyclic amines) is 1. The molecule has 25 heavy (non-hydrogen) atoms. The smallest absolute Gasteiger partial charge is 0.322 e. The van der Waals surface area contributed by atoms with Crippen LogP contribution in [0.3, 0.4) is 0 Å². The Bertz CT molecular complexity index is 552. The number of carbonyl (C=O) groups is 1. The second kappa shape index (κ2) is 9.63. The van der Waals surface area contributed by atoms with Gasteiger partial charge < -0.3 is 24.8 Å². The first-order valence-corrected chi connectivity index (χ1v) is 9.11. The highest BCUT2D eigenvalue weighted by atomic mass is 16.5. The van der Waals surface area contributed by atoms with Crippen LogP contribution in [0.25, 0.3) is 0 Å². The lowest BCUT2D eigenvalue weighted by atomic mass is 10.2. The second-order valence-corrected chi connectivity index (χ2v) is 6.74. The fraction of sp³-hybridized carbons (Fsp3) is 0.632. The van der Waals surface area contributed by atoms with E-state index in [1.807, 2.05) is 30.1 Å². The van der Waals surface area contributed by atoms with Gasteiger partial charge in [-0.05, 0) is 45.0 Å². The topological polar surface area (TPSA) is 48.1 Å². The summed E-state index contributed by atoms with van der Waals surface area (Å²) in [6, 6.07) is 8.28. The highest BCUT2D eigenvalue weighted by Gasteiger charge is 2.29. The van der Waals surface area contributed by atoms with Gasteiger partial charge in [0.2, 0.25) is 0 Å². The van der Waals surface area contributed by atoms with Gasteiger partial charge in [0, 0.05) is 57.8 Å². The standard InChI is InChI=1S/C19H32N4O2/c1-5-22(3)17-9-6-8-16(14-17)20-19(24)23-11-7-10-18(23)15-21(2)12-13-25-4/h6,8-9,14,18H,5,7,10-13,15H2,1-4H3,(H,20,24)/t18-/m0/s1. The minimum atomic E-state index is -0.000979. The minimum absolute atomic E-state index is 0.000979. The van der Waals surface area contributed by atoms with Gasteiger partial charge in [0.25, 0.3) is 0 Å². The molecular weight excluding hydrogens is 316 g/mol. The van der Waals surface area contributed by atoms with Crippen LogP contribution in [0.4, 0.5) is 16.2 Å².